The second-order valence-electron chi connectivity index (χ2n) is 13.4. The third kappa shape index (κ3) is 4.02. The number of para-hydroxylation sites is 1. The number of nitrogens with zero attached hydrogens (tertiary/aromatic N) is 2. The summed E-state index contributed by atoms with van der Waals surface area (Å²) in [6, 6.07) is 64.2. The minimum atomic E-state index is 0.981. The zero-order valence-electron chi connectivity index (χ0n) is 27.7. The van der Waals surface area contributed by atoms with E-state index in [2.05, 4.69) is 180 Å². The highest BCUT2D eigenvalue weighted by Gasteiger charge is 2.21. The smallest absolute Gasteiger partial charge is 0.145 e. The molecule has 0 radical (unpaired) electrons. The fourth-order valence-electron chi connectivity index (χ4n) is 8.69. The van der Waals surface area contributed by atoms with Crippen LogP contribution >= 0.6 is 0 Å². The van der Waals surface area contributed by atoms with Gasteiger partial charge < -0.3 is 0 Å². The van der Waals surface area contributed by atoms with Crippen LogP contribution in [0.3, 0.4) is 0 Å². The van der Waals surface area contributed by atoms with Crippen molar-refractivity contribution in [2.24, 2.45) is 0 Å². The summed E-state index contributed by atoms with van der Waals surface area (Å²) in [6.45, 7) is 0. The van der Waals surface area contributed by atoms with Gasteiger partial charge in [0.1, 0.15) is 5.65 Å². The highest BCUT2D eigenvalue weighted by atomic mass is 15.0. The van der Waals surface area contributed by atoms with Crippen LogP contribution in [-0.2, 0) is 0 Å². The van der Waals surface area contributed by atoms with Crippen LogP contribution in [0.4, 0.5) is 0 Å². The highest BCUT2D eigenvalue weighted by molar-refractivity contribution is 6.24. The lowest BCUT2D eigenvalue weighted by molar-refractivity contribution is 1.26. The van der Waals surface area contributed by atoms with Crippen molar-refractivity contribution in [3.05, 3.63) is 182 Å². The number of rotatable bonds is 3. The van der Waals surface area contributed by atoms with Crippen molar-refractivity contribution < 1.29 is 0 Å². The first kappa shape index (κ1) is 28.1. The van der Waals surface area contributed by atoms with E-state index in [4.69, 9.17) is 4.98 Å². The molecule has 0 saturated heterocycles. The van der Waals surface area contributed by atoms with Crippen molar-refractivity contribution in [3.8, 4) is 33.4 Å². The third-order valence-corrected chi connectivity index (χ3v) is 10.8. The fourth-order valence-corrected chi connectivity index (χ4v) is 8.69. The average Bonchev–Trinajstić information content (AvgIpc) is 3.56. The fraction of sp³-hybridized carbons (Fsp3) is 0. The molecule has 0 aliphatic rings. The summed E-state index contributed by atoms with van der Waals surface area (Å²) < 4.78 is 2.36. The average molecular weight is 647 g/mol. The molecule has 0 aliphatic heterocycles. The van der Waals surface area contributed by atoms with Crippen LogP contribution in [0.15, 0.2) is 182 Å². The molecule has 11 aromatic rings. The van der Waals surface area contributed by atoms with Gasteiger partial charge in [-0.1, -0.05) is 158 Å². The lowest BCUT2D eigenvalue weighted by atomic mass is 9.84. The molecule has 2 heteroatoms. The van der Waals surface area contributed by atoms with Gasteiger partial charge in [0.2, 0.25) is 0 Å². The summed E-state index contributed by atoms with van der Waals surface area (Å²) in [5.41, 5.74) is 10.8. The van der Waals surface area contributed by atoms with Gasteiger partial charge in [-0.25, -0.2) is 4.98 Å². The van der Waals surface area contributed by atoms with Crippen LogP contribution in [0.25, 0.3) is 104 Å². The monoisotopic (exact) mass is 646 g/mol. The zero-order valence-corrected chi connectivity index (χ0v) is 27.7. The highest BCUT2D eigenvalue weighted by Crippen LogP contribution is 2.46. The molecule has 0 unspecified atom stereocenters. The van der Waals surface area contributed by atoms with Crippen molar-refractivity contribution in [2.75, 3.05) is 0 Å². The molecule has 0 fully saturated rings. The van der Waals surface area contributed by atoms with Crippen molar-refractivity contribution >= 4 is 70.5 Å². The molecule has 0 aliphatic carbocycles. The van der Waals surface area contributed by atoms with E-state index >= 15 is 0 Å². The van der Waals surface area contributed by atoms with Gasteiger partial charge in [-0.3, -0.25) is 4.40 Å². The van der Waals surface area contributed by atoms with Gasteiger partial charge in [-0.15, -0.1) is 0 Å². The molecule has 0 saturated carbocycles. The van der Waals surface area contributed by atoms with Crippen LogP contribution in [0.5, 0.6) is 0 Å². The molecule has 51 heavy (non-hydrogen) atoms. The first-order chi connectivity index (χ1) is 25.3. The number of fused-ring (bicyclic) bond motifs is 11. The second-order valence-corrected chi connectivity index (χ2v) is 13.4. The molecule has 0 bridgehead atoms. The molecular weight excluding hydrogens is 617 g/mol. The SMILES string of the molecule is c1ccc2c(-c3c4ccccc4c(-c4ccc(-c5c6cccnc6n6c7ccccc7c7ccccc7c56)cc4)c4ccccc34)cccc2c1. The van der Waals surface area contributed by atoms with Gasteiger partial charge in [0.05, 0.1) is 11.0 Å². The quantitative estimate of drug-likeness (QED) is 0.138. The van der Waals surface area contributed by atoms with Crippen LogP contribution < -0.4 is 0 Å². The predicted molar refractivity (Wildman–Crippen MR) is 217 cm³/mol. The van der Waals surface area contributed by atoms with Gasteiger partial charge in [-0.05, 0) is 83.7 Å². The first-order valence-electron chi connectivity index (χ1n) is 17.6. The lowest BCUT2D eigenvalue weighted by Gasteiger charge is -2.19. The van der Waals surface area contributed by atoms with Crippen LogP contribution in [0.1, 0.15) is 0 Å². The second kappa shape index (κ2) is 10.9. The zero-order chi connectivity index (χ0) is 33.5. The van der Waals surface area contributed by atoms with E-state index in [1.807, 2.05) is 6.20 Å². The maximum atomic E-state index is 4.96. The van der Waals surface area contributed by atoms with Gasteiger partial charge >= 0.3 is 0 Å². The molecule has 0 N–H and O–H groups in total. The Morgan fingerprint density at radius 2 is 0.843 bits per heavy atom. The Morgan fingerprint density at radius 1 is 0.333 bits per heavy atom. The number of hydrogen-bond acceptors (Lipinski definition) is 1. The first-order valence-corrected chi connectivity index (χ1v) is 17.6. The van der Waals surface area contributed by atoms with Crippen molar-refractivity contribution in [3.63, 3.8) is 0 Å². The number of aromatic nitrogens is 2. The van der Waals surface area contributed by atoms with E-state index in [-0.39, 0.29) is 0 Å². The molecule has 0 spiro atoms. The molecule has 3 heterocycles. The normalized spacial score (nSPS) is 11.9. The Balaban J connectivity index is 1.18. The molecule has 0 amide bonds. The van der Waals surface area contributed by atoms with E-state index in [9.17, 15) is 0 Å². The van der Waals surface area contributed by atoms with E-state index < -0.39 is 0 Å². The Labute approximate surface area is 294 Å². The van der Waals surface area contributed by atoms with E-state index in [1.165, 1.54) is 92.9 Å². The minimum Gasteiger partial charge on any atom is -0.293 e. The maximum Gasteiger partial charge on any atom is 0.145 e. The summed E-state index contributed by atoms with van der Waals surface area (Å²) in [5, 5.41) is 12.4. The molecule has 236 valence electrons. The Hall–Kier alpha value is -6.77. The van der Waals surface area contributed by atoms with Crippen molar-refractivity contribution in [2.45, 2.75) is 0 Å². The molecule has 0 atom stereocenters. The summed E-state index contributed by atoms with van der Waals surface area (Å²) in [5.74, 6) is 0. The maximum absolute atomic E-state index is 4.96. The third-order valence-electron chi connectivity index (χ3n) is 10.8. The van der Waals surface area contributed by atoms with E-state index in [0.717, 1.165) is 11.0 Å². The summed E-state index contributed by atoms with van der Waals surface area (Å²) in [6.07, 6.45) is 1.91. The van der Waals surface area contributed by atoms with Gasteiger partial charge in [0.15, 0.2) is 0 Å². The molecular formula is C49H30N2. The van der Waals surface area contributed by atoms with Crippen LogP contribution in [-0.4, -0.2) is 9.38 Å². The Bertz CT molecular complexity index is 3120. The van der Waals surface area contributed by atoms with Crippen molar-refractivity contribution in [1.29, 1.82) is 0 Å². The summed E-state index contributed by atoms with van der Waals surface area (Å²) in [7, 11) is 0. The molecule has 3 aromatic heterocycles. The van der Waals surface area contributed by atoms with Crippen LogP contribution in [0.2, 0.25) is 0 Å². The Kier molecular flexibility index (Phi) is 5.99. The number of hydrogen-bond donors (Lipinski definition) is 0. The van der Waals surface area contributed by atoms with Crippen LogP contribution in [0, 0.1) is 0 Å². The predicted octanol–water partition coefficient (Wildman–Crippen LogP) is 13.3. The summed E-state index contributed by atoms with van der Waals surface area (Å²) >= 11 is 0. The molecule has 2 nitrogen and oxygen atoms in total. The number of pyridine rings is 2. The van der Waals surface area contributed by atoms with E-state index in [1.54, 1.807) is 0 Å². The largest absolute Gasteiger partial charge is 0.293 e. The Morgan fingerprint density at radius 3 is 1.55 bits per heavy atom. The molecule has 8 aromatic carbocycles. The number of benzene rings is 8. The topological polar surface area (TPSA) is 17.3 Å². The lowest BCUT2D eigenvalue weighted by Crippen LogP contribution is -1.92. The van der Waals surface area contributed by atoms with Gasteiger partial charge in [-0.2, -0.15) is 0 Å². The standard InChI is InChI=1S/C49H30N2/c1-2-15-34-31(13-1)14-11-23-37(34)47-40-20-6-4-18-38(40)45(39-19-5-7-21-41(39)47)32-26-28-33(29-27-32)46-43-24-12-30-50-49(43)51-44-25-10-9-17-36(44)35-16-3-8-22-42(35)48(46)51/h1-30H. The van der Waals surface area contributed by atoms with Crippen molar-refractivity contribution in [1.82, 2.24) is 9.38 Å². The molecule has 11 rings (SSSR count). The van der Waals surface area contributed by atoms with Gasteiger partial charge in [0.25, 0.3) is 0 Å². The van der Waals surface area contributed by atoms with E-state index in [0.29, 0.717) is 0 Å². The minimum absolute atomic E-state index is 0.981. The van der Waals surface area contributed by atoms with Gasteiger partial charge in [0, 0.05) is 27.9 Å². The summed E-state index contributed by atoms with van der Waals surface area (Å²) in [4.78, 5) is 4.96.